The Kier molecular flexibility index (Phi) is 7.82. The molecule has 1 heterocycles. The van der Waals surface area contributed by atoms with Crippen LogP contribution in [-0.2, 0) is 13.2 Å². The second-order valence-corrected chi connectivity index (χ2v) is 8.04. The summed E-state index contributed by atoms with van der Waals surface area (Å²) in [5.74, 6) is 1.53. The molecule has 2 aromatic carbocycles. The van der Waals surface area contributed by atoms with E-state index >= 15 is 0 Å². The Morgan fingerprint density at radius 3 is 2.40 bits per heavy atom. The third-order valence-corrected chi connectivity index (χ3v) is 5.37. The predicted octanol–water partition coefficient (Wildman–Crippen LogP) is 3.93. The van der Waals surface area contributed by atoms with E-state index in [1.807, 2.05) is 54.7 Å². The zero-order valence-corrected chi connectivity index (χ0v) is 18.4. The monoisotopic (exact) mass is 425 g/mol. The number of benzene rings is 2. The lowest BCUT2D eigenvalue weighted by atomic mass is 10.2. The molecule has 0 bridgehead atoms. The van der Waals surface area contributed by atoms with Gasteiger partial charge >= 0.3 is 0 Å². The molecule has 0 fully saturated rings. The van der Waals surface area contributed by atoms with Gasteiger partial charge < -0.3 is 19.3 Å². The summed E-state index contributed by atoms with van der Waals surface area (Å²) in [6, 6.07) is 16.9. The maximum absolute atomic E-state index is 13.1. The molecule has 0 N–H and O–H groups in total. The lowest BCUT2D eigenvalue weighted by Gasteiger charge is -2.24. The second-order valence-electron chi connectivity index (χ2n) is 7.09. The minimum absolute atomic E-state index is 0.0189. The largest absolute Gasteiger partial charge is 0.497 e. The van der Waals surface area contributed by atoms with E-state index in [-0.39, 0.29) is 5.91 Å². The highest BCUT2D eigenvalue weighted by atomic mass is 32.1. The molecular formula is C23H27N3O3S. The minimum Gasteiger partial charge on any atom is -0.497 e. The number of methoxy groups -OCH3 is 1. The third kappa shape index (κ3) is 6.30. The molecular weight excluding hydrogens is 398 g/mol. The zero-order valence-electron chi connectivity index (χ0n) is 17.6. The summed E-state index contributed by atoms with van der Waals surface area (Å²) < 4.78 is 11.0. The van der Waals surface area contributed by atoms with Crippen molar-refractivity contribution in [3.63, 3.8) is 0 Å². The van der Waals surface area contributed by atoms with Gasteiger partial charge in [-0.2, -0.15) is 0 Å². The highest BCUT2D eigenvalue weighted by molar-refractivity contribution is 7.09. The molecule has 158 valence electrons. The fourth-order valence-corrected chi connectivity index (χ4v) is 3.53. The van der Waals surface area contributed by atoms with Crippen LogP contribution in [0.25, 0.3) is 0 Å². The Morgan fingerprint density at radius 1 is 1.00 bits per heavy atom. The van der Waals surface area contributed by atoms with E-state index in [0.29, 0.717) is 25.3 Å². The van der Waals surface area contributed by atoms with Crippen molar-refractivity contribution in [3.05, 3.63) is 76.2 Å². The molecule has 6 nitrogen and oxygen atoms in total. The molecule has 0 aliphatic rings. The van der Waals surface area contributed by atoms with Crippen LogP contribution in [0.5, 0.6) is 11.5 Å². The first-order chi connectivity index (χ1) is 14.5. The number of hydrogen-bond acceptors (Lipinski definition) is 6. The number of hydrogen-bond donors (Lipinski definition) is 0. The maximum Gasteiger partial charge on any atom is 0.254 e. The normalized spacial score (nSPS) is 10.8. The van der Waals surface area contributed by atoms with Crippen LogP contribution in [0.4, 0.5) is 0 Å². The number of amides is 1. The molecule has 7 heteroatoms. The summed E-state index contributed by atoms with van der Waals surface area (Å²) >= 11 is 1.55. The van der Waals surface area contributed by atoms with Crippen LogP contribution in [0.3, 0.4) is 0 Å². The number of carbonyl (C=O) groups excluding carboxylic acids is 1. The van der Waals surface area contributed by atoms with Crippen LogP contribution in [0.2, 0.25) is 0 Å². The van der Waals surface area contributed by atoms with Crippen LogP contribution in [0.1, 0.15) is 21.1 Å². The van der Waals surface area contributed by atoms with Gasteiger partial charge in [-0.05, 0) is 50.5 Å². The lowest BCUT2D eigenvalue weighted by Crippen LogP contribution is -2.36. The van der Waals surface area contributed by atoms with Crippen LogP contribution in [-0.4, -0.2) is 55.0 Å². The quantitative estimate of drug-likeness (QED) is 0.493. The van der Waals surface area contributed by atoms with Crippen molar-refractivity contribution in [2.75, 3.05) is 34.3 Å². The van der Waals surface area contributed by atoms with Gasteiger partial charge in [-0.25, -0.2) is 4.98 Å². The van der Waals surface area contributed by atoms with E-state index in [9.17, 15) is 4.79 Å². The van der Waals surface area contributed by atoms with E-state index in [1.165, 1.54) is 0 Å². The van der Waals surface area contributed by atoms with Crippen molar-refractivity contribution in [2.24, 2.45) is 0 Å². The number of likely N-dealkylation sites (N-methyl/N-ethyl adjacent to an activating group) is 1. The van der Waals surface area contributed by atoms with Gasteiger partial charge in [0.25, 0.3) is 5.91 Å². The molecule has 0 atom stereocenters. The number of nitrogens with zero attached hydrogens (tertiary/aromatic N) is 3. The molecule has 3 aromatic rings. The summed E-state index contributed by atoms with van der Waals surface area (Å²) in [4.78, 5) is 21.7. The summed E-state index contributed by atoms with van der Waals surface area (Å²) in [5.41, 5.74) is 1.50. The Balaban J connectivity index is 1.66. The fraction of sp³-hybridized carbons (Fsp3) is 0.304. The van der Waals surface area contributed by atoms with Crippen molar-refractivity contribution < 1.29 is 14.3 Å². The topological polar surface area (TPSA) is 54.9 Å². The van der Waals surface area contributed by atoms with Crippen LogP contribution < -0.4 is 9.47 Å². The van der Waals surface area contributed by atoms with Crippen LogP contribution in [0, 0.1) is 0 Å². The SMILES string of the molecule is COc1ccc(C(=O)N(CCN(C)C)Cc2csc(COc3ccccc3)n2)cc1. The van der Waals surface area contributed by atoms with Crippen LogP contribution in [0.15, 0.2) is 60.0 Å². The molecule has 0 aliphatic heterocycles. The second kappa shape index (κ2) is 10.8. The van der Waals surface area contributed by atoms with Crippen LogP contribution >= 0.6 is 11.3 Å². The molecule has 3 rings (SSSR count). The van der Waals surface area contributed by atoms with E-state index in [0.717, 1.165) is 28.7 Å². The fourth-order valence-electron chi connectivity index (χ4n) is 2.83. The number of carbonyl (C=O) groups is 1. The van der Waals surface area contributed by atoms with Gasteiger partial charge in [0.15, 0.2) is 0 Å². The number of aromatic nitrogens is 1. The minimum atomic E-state index is -0.0189. The third-order valence-electron chi connectivity index (χ3n) is 4.50. The first-order valence-corrected chi connectivity index (χ1v) is 10.6. The van der Waals surface area contributed by atoms with E-state index in [4.69, 9.17) is 9.47 Å². The zero-order chi connectivity index (χ0) is 21.3. The molecule has 1 aromatic heterocycles. The smallest absolute Gasteiger partial charge is 0.254 e. The standard InChI is InChI=1S/C23H27N3O3S/c1-25(2)13-14-26(23(27)18-9-11-20(28-3)12-10-18)15-19-17-30-22(24-19)16-29-21-7-5-4-6-8-21/h4-12,17H,13-16H2,1-3H3. The molecule has 1 amide bonds. The van der Waals surface area contributed by atoms with E-state index in [2.05, 4.69) is 9.88 Å². The first kappa shape index (κ1) is 21.8. The summed E-state index contributed by atoms with van der Waals surface area (Å²) in [5, 5.41) is 2.88. The number of ether oxygens (including phenoxy) is 2. The van der Waals surface area contributed by atoms with Gasteiger partial charge in [0.2, 0.25) is 0 Å². The van der Waals surface area contributed by atoms with Gasteiger partial charge in [0, 0.05) is 24.0 Å². The van der Waals surface area contributed by atoms with Gasteiger partial charge in [0.05, 0.1) is 19.3 Å². The average molecular weight is 426 g/mol. The lowest BCUT2D eigenvalue weighted by molar-refractivity contribution is 0.0730. The van der Waals surface area contributed by atoms with Crippen molar-refractivity contribution in [1.82, 2.24) is 14.8 Å². The number of rotatable bonds is 10. The van der Waals surface area contributed by atoms with Crippen molar-refractivity contribution in [3.8, 4) is 11.5 Å². The Morgan fingerprint density at radius 2 is 1.73 bits per heavy atom. The Hall–Kier alpha value is -2.90. The van der Waals surface area contributed by atoms with Crippen molar-refractivity contribution in [2.45, 2.75) is 13.2 Å². The molecule has 0 saturated heterocycles. The van der Waals surface area contributed by atoms with Crippen molar-refractivity contribution in [1.29, 1.82) is 0 Å². The molecule has 0 saturated carbocycles. The van der Waals surface area contributed by atoms with E-state index < -0.39 is 0 Å². The summed E-state index contributed by atoms with van der Waals surface area (Å²) in [7, 11) is 5.61. The number of para-hydroxylation sites is 1. The first-order valence-electron chi connectivity index (χ1n) is 9.74. The predicted molar refractivity (Wildman–Crippen MR) is 119 cm³/mol. The molecule has 0 aliphatic carbocycles. The molecule has 0 unspecified atom stereocenters. The molecule has 0 radical (unpaired) electrons. The Labute approximate surface area is 181 Å². The van der Waals surface area contributed by atoms with Gasteiger partial charge in [-0.3, -0.25) is 4.79 Å². The molecule has 30 heavy (non-hydrogen) atoms. The van der Waals surface area contributed by atoms with Gasteiger partial charge in [-0.15, -0.1) is 11.3 Å². The summed E-state index contributed by atoms with van der Waals surface area (Å²) in [6.45, 7) is 2.26. The average Bonchev–Trinajstić information content (AvgIpc) is 3.23. The number of thiazole rings is 1. The molecule has 0 spiro atoms. The maximum atomic E-state index is 13.1. The highest BCUT2D eigenvalue weighted by Gasteiger charge is 2.18. The van der Waals surface area contributed by atoms with Crippen molar-refractivity contribution >= 4 is 17.2 Å². The van der Waals surface area contributed by atoms with Gasteiger partial charge in [-0.1, -0.05) is 18.2 Å². The summed E-state index contributed by atoms with van der Waals surface area (Å²) in [6.07, 6.45) is 0. The van der Waals surface area contributed by atoms with Gasteiger partial charge in [0.1, 0.15) is 23.1 Å². The Bertz CT molecular complexity index is 926. The van der Waals surface area contributed by atoms with E-state index in [1.54, 1.807) is 42.7 Å². The highest BCUT2D eigenvalue weighted by Crippen LogP contribution is 2.18.